The lowest BCUT2D eigenvalue weighted by Crippen LogP contribution is -2.16. The van der Waals surface area contributed by atoms with E-state index in [0.29, 0.717) is 23.5 Å². The van der Waals surface area contributed by atoms with E-state index in [2.05, 4.69) is 9.97 Å². The van der Waals surface area contributed by atoms with Crippen LogP contribution in [-0.4, -0.2) is 29.3 Å². The SMILES string of the molecule is Cc1nc(Cl)cc(OCC2CCCO2)n1. The Bertz CT molecular complexity index is 320. The normalized spacial score (nSPS) is 20.5. The van der Waals surface area contributed by atoms with Crippen molar-refractivity contribution in [3.05, 3.63) is 17.0 Å². The zero-order valence-corrected chi connectivity index (χ0v) is 9.33. The summed E-state index contributed by atoms with van der Waals surface area (Å²) in [6.45, 7) is 3.15. The molecule has 0 radical (unpaired) electrons. The van der Waals surface area contributed by atoms with Crippen LogP contribution in [0.4, 0.5) is 0 Å². The summed E-state index contributed by atoms with van der Waals surface area (Å²) in [7, 11) is 0. The molecule has 0 saturated carbocycles. The predicted molar refractivity (Wildman–Crippen MR) is 56.2 cm³/mol. The predicted octanol–water partition coefficient (Wildman–Crippen LogP) is 2.00. The average molecular weight is 229 g/mol. The topological polar surface area (TPSA) is 44.2 Å². The first-order valence-electron chi connectivity index (χ1n) is 4.99. The van der Waals surface area contributed by atoms with Crippen LogP contribution in [0, 0.1) is 6.92 Å². The van der Waals surface area contributed by atoms with Crippen LogP contribution in [0.3, 0.4) is 0 Å². The molecule has 2 rings (SSSR count). The van der Waals surface area contributed by atoms with Crippen LogP contribution in [0.25, 0.3) is 0 Å². The number of aryl methyl sites for hydroxylation is 1. The zero-order valence-electron chi connectivity index (χ0n) is 8.57. The summed E-state index contributed by atoms with van der Waals surface area (Å²) in [5.74, 6) is 1.13. The van der Waals surface area contributed by atoms with Crippen LogP contribution < -0.4 is 4.74 Å². The van der Waals surface area contributed by atoms with Gasteiger partial charge in [0.2, 0.25) is 5.88 Å². The zero-order chi connectivity index (χ0) is 10.7. The first kappa shape index (κ1) is 10.6. The molecule has 82 valence electrons. The van der Waals surface area contributed by atoms with Crippen LogP contribution >= 0.6 is 11.6 Å². The molecule has 1 unspecified atom stereocenters. The molecule has 4 nitrogen and oxygen atoms in total. The third kappa shape index (κ3) is 3.04. The molecule has 1 aromatic rings. The fourth-order valence-electron chi connectivity index (χ4n) is 1.53. The number of rotatable bonds is 3. The molecule has 0 aliphatic carbocycles. The maximum atomic E-state index is 5.78. The van der Waals surface area contributed by atoms with Crippen molar-refractivity contribution in [2.24, 2.45) is 0 Å². The smallest absolute Gasteiger partial charge is 0.218 e. The highest BCUT2D eigenvalue weighted by Crippen LogP contribution is 2.16. The van der Waals surface area contributed by atoms with Crippen molar-refractivity contribution in [2.75, 3.05) is 13.2 Å². The molecule has 1 saturated heterocycles. The fourth-order valence-corrected chi connectivity index (χ4v) is 1.75. The minimum Gasteiger partial charge on any atom is -0.475 e. The van der Waals surface area contributed by atoms with E-state index in [4.69, 9.17) is 21.1 Å². The van der Waals surface area contributed by atoms with Gasteiger partial charge in [0, 0.05) is 12.7 Å². The number of aromatic nitrogens is 2. The lowest BCUT2D eigenvalue weighted by atomic mass is 10.2. The highest BCUT2D eigenvalue weighted by molar-refractivity contribution is 6.29. The van der Waals surface area contributed by atoms with Crippen molar-refractivity contribution < 1.29 is 9.47 Å². The Morgan fingerprint density at radius 1 is 1.60 bits per heavy atom. The first-order valence-corrected chi connectivity index (χ1v) is 5.37. The molecule has 1 atom stereocenters. The van der Waals surface area contributed by atoms with Crippen molar-refractivity contribution in [3.8, 4) is 5.88 Å². The van der Waals surface area contributed by atoms with Crippen LogP contribution in [0.2, 0.25) is 5.15 Å². The molecular formula is C10H13ClN2O2. The maximum absolute atomic E-state index is 5.78. The van der Waals surface area contributed by atoms with Gasteiger partial charge in [0.25, 0.3) is 0 Å². The average Bonchev–Trinajstić information content (AvgIpc) is 2.65. The Balaban J connectivity index is 1.92. The van der Waals surface area contributed by atoms with Gasteiger partial charge in [-0.3, -0.25) is 0 Å². The van der Waals surface area contributed by atoms with Crippen LogP contribution in [-0.2, 0) is 4.74 Å². The molecule has 1 aliphatic heterocycles. The first-order chi connectivity index (χ1) is 7.24. The van der Waals surface area contributed by atoms with Crippen LogP contribution in [0.5, 0.6) is 5.88 Å². The largest absolute Gasteiger partial charge is 0.475 e. The second kappa shape index (κ2) is 4.77. The minimum atomic E-state index is 0.194. The van der Waals surface area contributed by atoms with Gasteiger partial charge in [-0.05, 0) is 19.8 Å². The van der Waals surface area contributed by atoms with Crippen LogP contribution in [0.15, 0.2) is 6.07 Å². The highest BCUT2D eigenvalue weighted by atomic mass is 35.5. The number of nitrogens with zero attached hydrogens (tertiary/aromatic N) is 2. The molecular weight excluding hydrogens is 216 g/mol. The highest BCUT2D eigenvalue weighted by Gasteiger charge is 2.16. The number of hydrogen-bond acceptors (Lipinski definition) is 4. The summed E-state index contributed by atoms with van der Waals surface area (Å²) < 4.78 is 10.9. The Labute approximate surface area is 93.6 Å². The molecule has 0 bridgehead atoms. The van der Waals surface area contributed by atoms with Gasteiger partial charge in [-0.2, -0.15) is 4.98 Å². The molecule has 2 heterocycles. The van der Waals surface area contributed by atoms with Gasteiger partial charge >= 0.3 is 0 Å². The van der Waals surface area contributed by atoms with E-state index in [9.17, 15) is 0 Å². The quantitative estimate of drug-likeness (QED) is 0.743. The van der Waals surface area contributed by atoms with Crippen molar-refractivity contribution in [1.82, 2.24) is 9.97 Å². The van der Waals surface area contributed by atoms with E-state index in [-0.39, 0.29) is 6.10 Å². The standard InChI is InChI=1S/C10H13ClN2O2/c1-7-12-9(11)5-10(13-7)15-6-8-3-2-4-14-8/h5,8H,2-4,6H2,1H3. The van der Waals surface area contributed by atoms with E-state index in [1.54, 1.807) is 13.0 Å². The van der Waals surface area contributed by atoms with E-state index >= 15 is 0 Å². The summed E-state index contributed by atoms with van der Waals surface area (Å²) in [6.07, 6.45) is 2.36. The summed E-state index contributed by atoms with van der Waals surface area (Å²) in [5.41, 5.74) is 0. The number of hydrogen-bond donors (Lipinski definition) is 0. The van der Waals surface area contributed by atoms with Crippen molar-refractivity contribution in [3.63, 3.8) is 0 Å². The maximum Gasteiger partial charge on any atom is 0.218 e. The van der Waals surface area contributed by atoms with Gasteiger partial charge in [0.05, 0.1) is 6.10 Å². The second-order valence-electron chi connectivity index (χ2n) is 3.52. The molecule has 15 heavy (non-hydrogen) atoms. The fraction of sp³-hybridized carbons (Fsp3) is 0.600. The van der Waals surface area contributed by atoms with E-state index < -0.39 is 0 Å². The van der Waals surface area contributed by atoms with Gasteiger partial charge in [0.15, 0.2) is 0 Å². The molecule has 1 fully saturated rings. The third-order valence-corrected chi connectivity index (χ3v) is 2.42. The molecule has 0 amide bonds. The summed E-state index contributed by atoms with van der Waals surface area (Å²) in [5, 5.41) is 0.407. The number of halogens is 1. The van der Waals surface area contributed by atoms with E-state index in [0.717, 1.165) is 19.4 Å². The molecule has 0 aromatic carbocycles. The third-order valence-electron chi connectivity index (χ3n) is 2.22. The minimum absolute atomic E-state index is 0.194. The summed E-state index contributed by atoms with van der Waals surface area (Å²) in [4.78, 5) is 8.08. The van der Waals surface area contributed by atoms with Crippen molar-refractivity contribution >= 4 is 11.6 Å². The van der Waals surface area contributed by atoms with Crippen molar-refractivity contribution in [1.29, 1.82) is 0 Å². The molecule has 0 spiro atoms. The van der Waals surface area contributed by atoms with Gasteiger partial charge in [0.1, 0.15) is 17.6 Å². The molecule has 5 heteroatoms. The van der Waals surface area contributed by atoms with Gasteiger partial charge in [-0.25, -0.2) is 4.98 Å². The summed E-state index contributed by atoms with van der Waals surface area (Å²) >= 11 is 5.78. The van der Waals surface area contributed by atoms with Crippen molar-refractivity contribution in [2.45, 2.75) is 25.9 Å². The Kier molecular flexibility index (Phi) is 3.38. The lowest BCUT2D eigenvalue weighted by molar-refractivity contribution is 0.0662. The molecule has 0 N–H and O–H groups in total. The Morgan fingerprint density at radius 3 is 3.13 bits per heavy atom. The Morgan fingerprint density at radius 2 is 2.47 bits per heavy atom. The van der Waals surface area contributed by atoms with E-state index in [1.807, 2.05) is 0 Å². The van der Waals surface area contributed by atoms with Crippen LogP contribution in [0.1, 0.15) is 18.7 Å². The van der Waals surface area contributed by atoms with Gasteiger partial charge < -0.3 is 9.47 Å². The monoisotopic (exact) mass is 228 g/mol. The van der Waals surface area contributed by atoms with E-state index in [1.165, 1.54) is 0 Å². The second-order valence-corrected chi connectivity index (χ2v) is 3.91. The Hall–Kier alpha value is -0.870. The molecule has 1 aromatic heterocycles. The number of ether oxygens (including phenoxy) is 2. The lowest BCUT2D eigenvalue weighted by Gasteiger charge is -2.10. The van der Waals surface area contributed by atoms with Gasteiger partial charge in [-0.15, -0.1) is 0 Å². The molecule has 1 aliphatic rings. The summed E-state index contributed by atoms with van der Waals surface area (Å²) in [6, 6.07) is 1.61. The van der Waals surface area contributed by atoms with Gasteiger partial charge in [-0.1, -0.05) is 11.6 Å².